The van der Waals surface area contributed by atoms with E-state index in [0.717, 1.165) is 116 Å². The zero-order valence-electron chi connectivity index (χ0n) is 54.7. The molecule has 83 heavy (non-hydrogen) atoms. The highest BCUT2D eigenvalue weighted by molar-refractivity contribution is 5.71. The lowest BCUT2D eigenvalue weighted by molar-refractivity contribution is -0.167. The molecule has 0 saturated heterocycles. The fourth-order valence-electron chi connectivity index (χ4n) is 9.99. The maximum absolute atomic E-state index is 12.9. The first-order chi connectivity index (χ1) is 41.0. The Morgan fingerprint density at radius 2 is 0.470 bits per heavy atom. The van der Waals surface area contributed by atoms with E-state index in [1.165, 1.54) is 186 Å². The van der Waals surface area contributed by atoms with Gasteiger partial charge in [0.1, 0.15) is 13.2 Å². The molecule has 0 spiro atoms. The van der Waals surface area contributed by atoms with Crippen LogP contribution >= 0.6 is 0 Å². The summed E-state index contributed by atoms with van der Waals surface area (Å²) in [5, 5.41) is 0. The Hall–Kier alpha value is -3.93. The summed E-state index contributed by atoms with van der Waals surface area (Å²) >= 11 is 0. The summed E-state index contributed by atoms with van der Waals surface area (Å²) in [7, 11) is 0. The Bertz CT molecular complexity index is 1660. The first-order valence-corrected chi connectivity index (χ1v) is 35.4. The standard InChI is InChI=1S/C77H132O6/c1-4-7-10-13-15-17-19-21-23-25-27-29-31-33-35-37-38-40-41-43-45-47-49-51-53-55-57-59-61-64-67-70-76(79)82-73-74(72-81-75(78)69-66-63-12-9-6-3)83-77(80)71-68-65-62-60-58-56-54-52-50-48-46-44-42-39-36-34-32-30-28-26-24-22-20-18-16-14-11-8-5-2/h8,11,16,18-19,21-22,24-25,27-28,30-31,33-34,36,42,44,74H,4-7,9-10,12-15,17,20,23,26,29,32,35,37-41,43,45-73H2,1-3H3/b11-8-,18-16-,21-19-,24-22-,27-25-,30-28-,33-31-,36-34-,44-42-. The number of rotatable bonds is 64. The second kappa shape index (κ2) is 70.6. The molecule has 0 aliphatic heterocycles. The van der Waals surface area contributed by atoms with Gasteiger partial charge in [-0.2, -0.15) is 0 Å². The minimum atomic E-state index is -0.778. The Morgan fingerprint density at radius 1 is 0.253 bits per heavy atom. The van der Waals surface area contributed by atoms with E-state index in [1.807, 2.05) is 0 Å². The molecule has 0 rings (SSSR count). The Kier molecular flexibility index (Phi) is 67.2. The molecule has 1 atom stereocenters. The quantitative estimate of drug-likeness (QED) is 0.0261. The van der Waals surface area contributed by atoms with E-state index in [4.69, 9.17) is 14.2 Å². The van der Waals surface area contributed by atoms with Crippen LogP contribution in [0.4, 0.5) is 0 Å². The molecule has 0 aliphatic carbocycles. The molecule has 0 N–H and O–H groups in total. The SMILES string of the molecule is CC/C=C\C/C=C\C/C=C\C/C=C\C/C=C\C/C=C\CCCCCCCCCCCCC(=O)OC(COC(=O)CCCCCCC)COC(=O)CCCCCCCCCCCCCCCCCC/C=C\C/C=C\C/C=C\CCCCCCC. The van der Waals surface area contributed by atoms with Crippen LogP contribution in [-0.4, -0.2) is 37.2 Å². The topological polar surface area (TPSA) is 78.9 Å². The molecular formula is C77H132O6. The number of esters is 3. The van der Waals surface area contributed by atoms with Gasteiger partial charge >= 0.3 is 17.9 Å². The van der Waals surface area contributed by atoms with Gasteiger partial charge in [0, 0.05) is 19.3 Å². The minimum Gasteiger partial charge on any atom is -0.462 e. The van der Waals surface area contributed by atoms with Crippen LogP contribution in [0.25, 0.3) is 0 Å². The normalized spacial score (nSPS) is 12.8. The molecule has 6 nitrogen and oxygen atoms in total. The van der Waals surface area contributed by atoms with Gasteiger partial charge in [0.2, 0.25) is 0 Å². The van der Waals surface area contributed by atoms with Crippen LogP contribution in [-0.2, 0) is 28.6 Å². The molecule has 0 aromatic rings. The Morgan fingerprint density at radius 3 is 0.735 bits per heavy atom. The third-order valence-corrected chi connectivity index (χ3v) is 15.3. The molecule has 0 aliphatic rings. The molecule has 0 fully saturated rings. The lowest BCUT2D eigenvalue weighted by Crippen LogP contribution is -2.30. The van der Waals surface area contributed by atoms with Crippen LogP contribution in [0.1, 0.15) is 342 Å². The van der Waals surface area contributed by atoms with E-state index in [-0.39, 0.29) is 31.1 Å². The predicted molar refractivity (Wildman–Crippen MR) is 362 cm³/mol. The van der Waals surface area contributed by atoms with E-state index in [9.17, 15) is 14.4 Å². The third kappa shape index (κ3) is 68.7. The van der Waals surface area contributed by atoms with Crippen LogP contribution in [0.3, 0.4) is 0 Å². The second-order valence-corrected chi connectivity index (χ2v) is 23.4. The smallest absolute Gasteiger partial charge is 0.306 e. The van der Waals surface area contributed by atoms with Gasteiger partial charge in [-0.05, 0) is 109 Å². The van der Waals surface area contributed by atoms with Gasteiger partial charge in [0.25, 0.3) is 0 Å². The molecule has 0 aromatic heterocycles. The lowest BCUT2D eigenvalue weighted by atomic mass is 10.0. The Balaban J connectivity index is 4.00. The summed E-state index contributed by atoms with van der Waals surface area (Å²) in [6.45, 7) is 6.46. The number of hydrogen-bond donors (Lipinski definition) is 0. The van der Waals surface area contributed by atoms with Crippen LogP contribution in [0.2, 0.25) is 0 Å². The molecule has 0 radical (unpaired) electrons. The van der Waals surface area contributed by atoms with Crippen molar-refractivity contribution in [1.29, 1.82) is 0 Å². The van der Waals surface area contributed by atoms with Gasteiger partial charge in [0.05, 0.1) is 0 Å². The van der Waals surface area contributed by atoms with Crippen LogP contribution < -0.4 is 0 Å². The van der Waals surface area contributed by atoms with Crippen LogP contribution in [0.15, 0.2) is 109 Å². The number of allylic oxidation sites excluding steroid dienone is 18. The van der Waals surface area contributed by atoms with Gasteiger partial charge in [-0.3, -0.25) is 14.4 Å². The number of ether oxygens (including phenoxy) is 3. The van der Waals surface area contributed by atoms with Gasteiger partial charge in [-0.1, -0.05) is 323 Å². The summed E-state index contributed by atoms with van der Waals surface area (Å²) < 4.78 is 16.8. The molecule has 6 heteroatoms. The maximum atomic E-state index is 12.9. The van der Waals surface area contributed by atoms with E-state index < -0.39 is 6.10 Å². The number of unbranched alkanes of at least 4 members (excludes halogenated alkanes) is 35. The van der Waals surface area contributed by atoms with Crippen LogP contribution in [0, 0.1) is 0 Å². The molecular weight excluding hydrogens is 1020 g/mol. The van der Waals surface area contributed by atoms with E-state index in [0.29, 0.717) is 19.3 Å². The van der Waals surface area contributed by atoms with Crippen molar-refractivity contribution in [3.63, 3.8) is 0 Å². The lowest BCUT2D eigenvalue weighted by Gasteiger charge is -2.18. The average molecular weight is 1150 g/mol. The fourth-order valence-corrected chi connectivity index (χ4v) is 9.99. The van der Waals surface area contributed by atoms with Crippen molar-refractivity contribution in [3.05, 3.63) is 109 Å². The van der Waals surface area contributed by atoms with Crippen molar-refractivity contribution in [2.45, 2.75) is 348 Å². The Labute approximate surface area is 514 Å². The van der Waals surface area contributed by atoms with Crippen molar-refractivity contribution in [2.24, 2.45) is 0 Å². The zero-order chi connectivity index (χ0) is 59.9. The predicted octanol–water partition coefficient (Wildman–Crippen LogP) is 24.6. The van der Waals surface area contributed by atoms with Crippen molar-refractivity contribution in [3.8, 4) is 0 Å². The molecule has 1 unspecified atom stereocenters. The first-order valence-electron chi connectivity index (χ1n) is 35.4. The van der Waals surface area contributed by atoms with Gasteiger partial charge in [-0.25, -0.2) is 0 Å². The minimum absolute atomic E-state index is 0.0777. The van der Waals surface area contributed by atoms with Gasteiger partial charge in [0.15, 0.2) is 6.10 Å². The van der Waals surface area contributed by atoms with Crippen LogP contribution in [0.5, 0.6) is 0 Å². The van der Waals surface area contributed by atoms with E-state index >= 15 is 0 Å². The van der Waals surface area contributed by atoms with Crippen molar-refractivity contribution in [2.75, 3.05) is 13.2 Å². The third-order valence-electron chi connectivity index (χ3n) is 15.3. The monoisotopic (exact) mass is 1150 g/mol. The zero-order valence-corrected chi connectivity index (χ0v) is 54.7. The molecule has 476 valence electrons. The molecule has 0 aromatic carbocycles. The van der Waals surface area contributed by atoms with E-state index in [1.54, 1.807) is 0 Å². The fraction of sp³-hybridized carbons (Fsp3) is 0.727. The highest BCUT2D eigenvalue weighted by Crippen LogP contribution is 2.17. The summed E-state index contributed by atoms with van der Waals surface area (Å²) in [5.41, 5.74) is 0. The van der Waals surface area contributed by atoms with Gasteiger partial charge < -0.3 is 14.2 Å². The summed E-state index contributed by atoms with van der Waals surface area (Å²) in [5.74, 6) is -0.886. The summed E-state index contributed by atoms with van der Waals surface area (Å²) in [6, 6.07) is 0. The average Bonchev–Trinajstić information content (AvgIpc) is 3.48. The number of carbonyl (C=O) groups is 3. The highest BCUT2D eigenvalue weighted by Gasteiger charge is 2.19. The molecule has 0 heterocycles. The molecule has 0 amide bonds. The number of carbonyl (C=O) groups excluding carboxylic acids is 3. The summed E-state index contributed by atoms with van der Waals surface area (Å²) in [4.78, 5) is 38.0. The summed E-state index contributed by atoms with van der Waals surface area (Å²) in [6.07, 6.45) is 97.4. The highest BCUT2D eigenvalue weighted by atomic mass is 16.6. The van der Waals surface area contributed by atoms with Crippen molar-refractivity contribution >= 4 is 17.9 Å². The maximum Gasteiger partial charge on any atom is 0.306 e. The van der Waals surface area contributed by atoms with Gasteiger partial charge in [-0.15, -0.1) is 0 Å². The first kappa shape index (κ1) is 79.1. The van der Waals surface area contributed by atoms with Crippen molar-refractivity contribution < 1.29 is 28.6 Å². The second-order valence-electron chi connectivity index (χ2n) is 23.4. The van der Waals surface area contributed by atoms with Crippen molar-refractivity contribution in [1.82, 2.24) is 0 Å². The molecule has 0 bridgehead atoms. The molecule has 0 saturated carbocycles. The number of hydrogen-bond acceptors (Lipinski definition) is 6. The van der Waals surface area contributed by atoms with E-state index in [2.05, 4.69) is 130 Å². The largest absolute Gasteiger partial charge is 0.462 e.